The van der Waals surface area contributed by atoms with Crippen LogP contribution in [0.1, 0.15) is 37.0 Å². The van der Waals surface area contributed by atoms with Crippen LogP contribution >= 0.6 is 23.2 Å². The fourth-order valence-electron chi connectivity index (χ4n) is 4.71. The molecule has 0 fully saturated rings. The monoisotopic (exact) mass is 560 g/mol. The zero-order valence-electron chi connectivity index (χ0n) is 22.4. The second-order valence-electron chi connectivity index (χ2n) is 10.3. The fraction of sp³-hybridized carbons (Fsp3) is 0.273. The summed E-state index contributed by atoms with van der Waals surface area (Å²) in [5.74, 6) is 0.0395. The lowest BCUT2D eigenvalue weighted by Crippen LogP contribution is -2.51. The lowest BCUT2D eigenvalue weighted by atomic mass is 9.99. The van der Waals surface area contributed by atoms with Gasteiger partial charge in [-0.3, -0.25) is 9.59 Å². The van der Waals surface area contributed by atoms with Gasteiger partial charge < -0.3 is 10.2 Å². The van der Waals surface area contributed by atoms with Crippen LogP contribution in [0.2, 0.25) is 10.0 Å². The van der Waals surface area contributed by atoms with Gasteiger partial charge in [0.2, 0.25) is 11.8 Å². The van der Waals surface area contributed by atoms with Gasteiger partial charge in [-0.2, -0.15) is 0 Å². The predicted molar refractivity (Wildman–Crippen MR) is 161 cm³/mol. The lowest BCUT2D eigenvalue weighted by molar-refractivity contribution is -0.141. The second-order valence-corrected chi connectivity index (χ2v) is 11.1. The highest BCUT2D eigenvalue weighted by atomic mass is 35.5. The van der Waals surface area contributed by atoms with Crippen molar-refractivity contribution in [3.8, 4) is 0 Å². The molecule has 0 radical (unpaired) electrons. The second kappa shape index (κ2) is 13.6. The van der Waals surface area contributed by atoms with Crippen LogP contribution in [0, 0.1) is 5.92 Å². The van der Waals surface area contributed by atoms with E-state index in [1.807, 2.05) is 54.6 Å². The van der Waals surface area contributed by atoms with Crippen molar-refractivity contribution in [1.29, 1.82) is 0 Å². The van der Waals surface area contributed by atoms with E-state index in [0.717, 1.165) is 27.5 Å². The summed E-state index contributed by atoms with van der Waals surface area (Å²) in [4.78, 5) is 29.3. The van der Waals surface area contributed by atoms with Gasteiger partial charge >= 0.3 is 0 Å². The summed E-state index contributed by atoms with van der Waals surface area (Å²) in [5.41, 5.74) is 2.92. The van der Waals surface area contributed by atoms with Crippen LogP contribution in [0.5, 0.6) is 0 Å². The first-order valence-corrected chi connectivity index (χ1v) is 14.1. The lowest BCUT2D eigenvalue weighted by Gasteiger charge is -2.32. The molecule has 4 aromatic carbocycles. The van der Waals surface area contributed by atoms with Crippen LogP contribution in [0.3, 0.4) is 0 Å². The molecular weight excluding hydrogens is 527 g/mol. The highest BCUT2D eigenvalue weighted by Crippen LogP contribution is 2.25. The number of nitrogens with zero attached hydrogens (tertiary/aromatic N) is 1. The highest BCUT2D eigenvalue weighted by Gasteiger charge is 2.30. The summed E-state index contributed by atoms with van der Waals surface area (Å²) >= 11 is 12.5. The normalized spacial score (nSPS) is 11.9. The molecule has 1 unspecified atom stereocenters. The number of carbonyl (C=O) groups is 2. The number of benzene rings is 4. The molecule has 4 nitrogen and oxygen atoms in total. The van der Waals surface area contributed by atoms with Gasteiger partial charge in [0.25, 0.3) is 0 Å². The molecule has 0 aliphatic carbocycles. The Kier molecular flexibility index (Phi) is 10.0. The van der Waals surface area contributed by atoms with E-state index in [9.17, 15) is 9.59 Å². The Hall–Kier alpha value is -3.34. The minimum Gasteiger partial charge on any atom is -0.354 e. The molecule has 1 N–H and O–H groups in total. The summed E-state index contributed by atoms with van der Waals surface area (Å²) in [6.45, 7) is 4.89. The smallest absolute Gasteiger partial charge is 0.243 e. The molecular formula is C33H34Cl2N2O2. The number of aryl methyl sites for hydroxylation is 1. The minimum absolute atomic E-state index is 0.0883. The Morgan fingerprint density at radius 2 is 1.54 bits per heavy atom. The molecule has 39 heavy (non-hydrogen) atoms. The zero-order valence-corrected chi connectivity index (χ0v) is 23.9. The molecule has 0 saturated carbocycles. The summed E-state index contributed by atoms with van der Waals surface area (Å²) in [7, 11) is 0. The number of fused-ring (bicyclic) bond motifs is 1. The van der Waals surface area contributed by atoms with E-state index < -0.39 is 6.04 Å². The van der Waals surface area contributed by atoms with Gasteiger partial charge in [-0.25, -0.2) is 0 Å². The number of halogens is 2. The average molecular weight is 562 g/mol. The number of amides is 2. The molecule has 0 aliphatic heterocycles. The molecule has 202 valence electrons. The molecule has 0 saturated heterocycles. The first kappa shape index (κ1) is 28.7. The molecule has 0 bridgehead atoms. The van der Waals surface area contributed by atoms with Gasteiger partial charge in [-0.1, -0.05) is 116 Å². The quantitative estimate of drug-likeness (QED) is 0.206. The largest absolute Gasteiger partial charge is 0.354 e. The Bertz CT molecular complexity index is 1420. The van der Waals surface area contributed by atoms with E-state index in [1.54, 1.807) is 17.0 Å². The Labute approximate surface area is 240 Å². The van der Waals surface area contributed by atoms with Crippen molar-refractivity contribution in [2.24, 2.45) is 5.92 Å². The third kappa shape index (κ3) is 7.84. The number of hydrogen-bond acceptors (Lipinski definition) is 2. The summed E-state index contributed by atoms with van der Waals surface area (Å²) < 4.78 is 0. The summed E-state index contributed by atoms with van der Waals surface area (Å²) in [6, 6.07) is 28.8. The Morgan fingerprint density at radius 1 is 0.821 bits per heavy atom. The van der Waals surface area contributed by atoms with Crippen molar-refractivity contribution in [2.45, 2.75) is 45.7 Å². The highest BCUT2D eigenvalue weighted by molar-refractivity contribution is 6.42. The summed E-state index contributed by atoms with van der Waals surface area (Å²) in [6.07, 6.45) is 1.26. The van der Waals surface area contributed by atoms with Crippen molar-refractivity contribution in [3.63, 3.8) is 0 Å². The third-order valence-electron chi connectivity index (χ3n) is 6.78. The number of rotatable bonds is 11. The van der Waals surface area contributed by atoms with Crippen molar-refractivity contribution in [1.82, 2.24) is 10.2 Å². The summed E-state index contributed by atoms with van der Waals surface area (Å²) in [5, 5.41) is 6.21. The fourth-order valence-corrected chi connectivity index (χ4v) is 5.03. The van der Waals surface area contributed by atoms with Gasteiger partial charge in [0.1, 0.15) is 6.04 Å². The zero-order chi connectivity index (χ0) is 27.8. The topological polar surface area (TPSA) is 49.4 Å². The van der Waals surface area contributed by atoms with Gasteiger partial charge in [-0.05, 0) is 51.9 Å². The molecule has 0 heterocycles. The maximum absolute atomic E-state index is 14.0. The van der Waals surface area contributed by atoms with Crippen molar-refractivity contribution >= 4 is 45.8 Å². The molecule has 4 aromatic rings. The van der Waals surface area contributed by atoms with Crippen molar-refractivity contribution in [3.05, 3.63) is 118 Å². The van der Waals surface area contributed by atoms with Gasteiger partial charge in [-0.15, -0.1) is 0 Å². The van der Waals surface area contributed by atoms with Crippen LogP contribution < -0.4 is 5.32 Å². The molecule has 4 rings (SSSR count). The Morgan fingerprint density at radius 3 is 2.28 bits per heavy atom. The molecule has 0 aromatic heterocycles. The standard InChI is InChI=1S/C33H34Cl2N2O2/c1-23(2)21-36-33(39)31(20-24-9-4-3-5-10-24)37(22-25-15-17-29(34)30(35)19-25)32(38)18-16-27-13-8-12-26-11-6-7-14-28(26)27/h3-15,17,19,23,31H,16,18,20-22H2,1-2H3,(H,36,39). The molecule has 0 spiro atoms. The van der Waals surface area contributed by atoms with Crippen LogP contribution in [0.15, 0.2) is 91.0 Å². The molecule has 1 atom stereocenters. The van der Waals surface area contributed by atoms with Crippen LogP contribution in [-0.4, -0.2) is 29.3 Å². The minimum atomic E-state index is -0.680. The molecule has 2 amide bonds. The van der Waals surface area contributed by atoms with Crippen LogP contribution in [0.4, 0.5) is 0 Å². The molecule has 0 aliphatic rings. The van der Waals surface area contributed by atoms with E-state index >= 15 is 0 Å². The van der Waals surface area contributed by atoms with Gasteiger partial charge in [0.15, 0.2) is 0 Å². The first-order chi connectivity index (χ1) is 18.8. The van der Waals surface area contributed by atoms with Gasteiger partial charge in [0, 0.05) is 25.9 Å². The van der Waals surface area contributed by atoms with Crippen LogP contribution in [0.25, 0.3) is 10.8 Å². The van der Waals surface area contributed by atoms with E-state index in [1.165, 1.54) is 0 Å². The predicted octanol–water partition coefficient (Wildman–Crippen LogP) is 7.49. The van der Waals surface area contributed by atoms with E-state index in [0.29, 0.717) is 29.4 Å². The first-order valence-electron chi connectivity index (χ1n) is 13.3. The van der Waals surface area contributed by atoms with Crippen molar-refractivity contribution < 1.29 is 9.59 Å². The van der Waals surface area contributed by atoms with Crippen molar-refractivity contribution in [2.75, 3.05) is 6.54 Å². The number of nitrogens with one attached hydrogen (secondary N) is 1. The van der Waals surface area contributed by atoms with E-state index in [4.69, 9.17) is 23.2 Å². The Balaban J connectivity index is 1.65. The number of carbonyl (C=O) groups excluding carboxylic acids is 2. The maximum Gasteiger partial charge on any atom is 0.243 e. The van der Waals surface area contributed by atoms with Gasteiger partial charge in [0.05, 0.1) is 10.0 Å². The average Bonchev–Trinajstić information content (AvgIpc) is 2.94. The third-order valence-corrected chi connectivity index (χ3v) is 7.52. The van der Waals surface area contributed by atoms with Crippen LogP contribution in [-0.2, 0) is 29.0 Å². The van der Waals surface area contributed by atoms with E-state index in [-0.39, 0.29) is 30.7 Å². The molecule has 6 heteroatoms. The SMILES string of the molecule is CC(C)CNC(=O)C(Cc1ccccc1)N(Cc1ccc(Cl)c(Cl)c1)C(=O)CCc1cccc2ccccc12. The van der Waals surface area contributed by atoms with E-state index in [2.05, 4.69) is 43.4 Å². The maximum atomic E-state index is 14.0. The number of hydrogen-bond donors (Lipinski definition) is 1.